The predicted molar refractivity (Wildman–Crippen MR) is 86.2 cm³/mol. The van der Waals surface area contributed by atoms with Crippen LogP contribution in [0.3, 0.4) is 0 Å². The highest BCUT2D eigenvalue weighted by atomic mass is 16.5. The Kier molecular flexibility index (Phi) is 3.96. The van der Waals surface area contributed by atoms with Crippen molar-refractivity contribution in [2.45, 2.75) is 25.7 Å². The first-order valence-corrected chi connectivity index (χ1v) is 8.59. The minimum absolute atomic E-state index is 0.0876. The summed E-state index contributed by atoms with van der Waals surface area (Å²) in [4.78, 5) is 36.9. The third kappa shape index (κ3) is 2.77. The lowest BCUT2D eigenvalue weighted by molar-refractivity contribution is -0.138. The summed E-state index contributed by atoms with van der Waals surface area (Å²) < 4.78 is 5.35. The van der Waals surface area contributed by atoms with Crippen molar-refractivity contribution in [3.63, 3.8) is 0 Å². The topological polar surface area (TPSA) is 75.6 Å². The highest BCUT2D eigenvalue weighted by molar-refractivity contribution is 5.96. The average Bonchev–Trinajstić information content (AvgIpc) is 3.19. The Balaban J connectivity index is 1.44. The van der Waals surface area contributed by atoms with Crippen molar-refractivity contribution in [1.29, 1.82) is 0 Å². The van der Waals surface area contributed by atoms with Crippen molar-refractivity contribution < 1.29 is 14.3 Å². The van der Waals surface area contributed by atoms with E-state index in [9.17, 15) is 9.59 Å². The minimum atomic E-state index is -0.117. The van der Waals surface area contributed by atoms with E-state index in [0.717, 1.165) is 31.5 Å². The second-order valence-electron chi connectivity index (χ2n) is 7.15. The van der Waals surface area contributed by atoms with E-state index < -0.39 is 0 Å². The number of amides is 2. The molecule has 3 saturated heterocycles. The predicted octanol–water partition coefficient (Wildman–Crippen LogP) is 0.859. The van der Waals surface area contributed by atoms with E-state index in [1.165, 1.54) is 6.33 Å². The zero-order valence-corrected chi connectivity index (χ0v) is 13.7. The number of likely N-dealkylation sites (tertiary alicyclic amines) is 1. The molecule has 0 radical (unpaired) electrons. The van der Waals surface area contributed by atoms with Gasteiger partial charge in [0.15, 0.2) is 0 Å². The Labute approximate surface area is 141 Å². The maximum Gasteiger partial charge on any atom is 0.227 e. The van der Waals surface area contributed by atoms with Crippen LogP contribution in [0.25, 0.3) is 0 Å². The zero-order chi connectivity index (χ0) is 16.6. The average molecular weight is 330 g/mol. The Bertz CT molecular complexity index is 632. The summed E-state index contributed by atoms with van der Waals surface area (Å²) in [5.41, 5.74) is 0.627. The molecule has 7 nitrogen and oxygen atoms in total. The molecule has 1 aromatic heterocycles. The van der Waals surface area contributed by atoms with Gasteiger partial charge in [0, 0.05) is 50.6 Å². The number of anilines is 1. The van der Waals surface area contributed by atoms with Crippen molar-refractivity contribution in [1.82, 2.24) is 14.9 Å². The van der Waals surface area contributed by atoms with Crippen LogP contribution in [0.5, 0.6) is 0 Å². The first kappa shape index (κ1) is 15.5. The molecule has 1 atom stereocenters. The first-order chi connectivity index (χ1) is 11.7. The molecule has 0 bridgehead atoms. The third-order valence-electron chi connectivity index (χ3n) is 5.50. The van der Waals surface area contributed by atoms with Crippen LogP contribution in [0.4, 0.5) is 5.69 Å². The standard InChI is InChI=1S/C17H22N4O3/c22-15-7-17(11-21(15)14-8-18-12-19-9-14)3-4-20(10-17)16(23)13-1-5-24-6-2-13/h8-9,12-13H,1-7,10-11H2/t17-/m0/s1. The maximum atomic E-state index is 12.7. The Hall–Kier alpha value is -2.02. The van der Waals surface area contributed by atoms with E-state index in [4.69, 9.17) is 4.74 Å². The molecule has 128 valence electrons. The lowest BCUT2D eigenvalue weighted by Crippen LogP contribution is -2.39. The van der Waals surface area contributed by atoms with Crippen LogP contribution in [-0.2, 0) is 14.3 Å². The fourth-order valence-corrected chi connectivity index (χ4v) is 4.16. The van der Waals surface area contributed by atoms with E-state index >= 15 is 0 Å². The van der Waals surface area contributed by atoms with E-state index in [1.54, 1.807) is 17.3 Å². The molecule has 2 amide bonds. The fourth-order valence-electron chi connectivity index (χ4n) is 4.16. The van der Waals surface area contributed by atoms with Gasteiger partial charge in [-0.05, 0) is 19.3 Å². The van der Waals surface area contributed by atoms with E-state index in [1.807, 2.05) is 4.90 Å². The fraction of sp³-hybridized carbons (Fsp3) is 0.647. The molecule has 7 heteroatoms. The number of ether oxygens (including phenoxy) is 1. The van der Waals surface area contributed by atoms with Crippen LogP contribution in [-0.4, -0.2) is 59.5 Å². The molecule has 0 aliphatic carbocycles. The Morgan fingerprint density at radius 1 is 1.21 bits per heavy atom. The lowest BCUT2D eigenvalue weighted by Gasteiger charge is -2.28. The highest BCUT2D eigenvalue weighted by Crippen LogP contribution is 2.42. The van der Waals surface area contributed by atoms with Crippen molar-refractivity contribution in [2.75, 3.05) is 37.7 Å². The highest BCUT2D eigenvalue weighted by Gasteiger charge is 2.49. The molecule has 1 aromatic rings. The van der Waals surface area contributed by atoms with Gasteiger partial charge in [-0.2, -0.15) is 0 Å². The van der Waals surface area contributed by atoms with E-state index in [-0.39, 0.29) is 23.1 Å². The molecule has 0 N–H and O–H groups in total. The number of aromatic nitrogens is 2. The van der Waals surface area contributed by atoms with Crippen LogP contribution in [0.15, 0.2) is 18.7 Å². The van der Waals surface area contributed by atoms with Crippen molar-refractivity contribution in [3.05, 3.63) is 18.7 Å². The normalized spacial score (nSPS) is 28.1. The van der Waals surface area contributed by atoms with Crippen LogP contribution >= 0.6 is 0 Å². The van der Waals surface area contributed by atoms with Gasteiger partial charge in [-0.15, -0.1) is 0 Å². The van der Waals surface area contributed by atoms with Gasteiger partial charge in [0.25, 0.3) is 0 Å². The first-order valence-electron chi connectivity index (χ1n) is 8.59. The second kappa shape index (κ2) is 6.12. The van der Waals surface area contributed by atoms with Gasteiger partial charge in [-0.3, -0.25) is 9.59 Å². The molecule has 4 rings (SSSR count). The molecule has 24 heavy (non-hydrogen) atoms. The van der Waals surface area contributed by atoms with Crippen molar-refractivity contribution in [3.8, 4) is 0 Å². The molecule has 0 unspecified atom stereocenters. The quantitative estimate of drug-likeness (QED) is 0.804. The van der Waals surface area contributed by atoms with E-state index in [0.29, 0.717) is 32.7 Å². The van der Waals surface area contributed by atoms with Crippen molar-refractivity contribution in [2.24, 2.45) is 11.3 Å². The summed E-state index contributed by atoms with van der Waals surface area (Å²) in [6, 6.07) is 0. The maximum absolute atomic E-state index is 12.7. The summed E-state index contributed by atoms with van der Waals surface area (Å²) in [7, 11) is 0. The molecule has 4 heterocycles. The molecular weight excluding hydrogens is 308 g/mol. The summed E-state index contributed by atoms with van der Waals surface area (Å²) in [6.45, 7) is 3.43. The largest absolute Gasteiger partial charge is 0.381 e. The number of hydrogen-bond acceptors (Lipinski definition) is 5. The Morgan fingerprint density at radius 3 is 2.71 bits per heavy atom. The van der Waals surface area contributed by atoms with Gasteiger partial charge in [-0.25, -0.2) is 9.97 Å². The Morgan fingerprint density at radius 2 is 1.96 bits per heavy atom. The molecule has 1 spiro atoms. The lowest BCUT2D eigenvalue weighted by atomic mass is 9.86. The molecule has 0 aromatic carbocycles. The van der Waals surface area contributed by atoms with Gasteiger partial charge < -0.3 is 14.5 Å². The molecular formula is C17H22N4O3. The third-order valence-corrected chi connectivity index (χ3v) is 5.50. The molecule has 3 aliphatic rings. The van der Waals surface area contributed by atoms with Gasteiger partial charge in [-0.1, -0.05) is 0 Å². The smallest absolute Gasteiger partial charge is 0.227 e. The van der Waals surface area contributed by atoms with Gasteiger partial charge >= 0.3 is 0 Å². The van der Waals surface area contributed by atoms with Crippen LogP contribution in [0.1, 0.15) is 25.7 Å². The number of carbonyl (C=O) groups is 2. The molecule has 0 saturated carbocycles. The number of nitrogens with zero attached hydrogens (tertiary/aromatic N) is 4. The van der Waals surface area contributed by atoms with E-state index in [2.05, 4.69) is 9.97 Å². The van der Waals surface area contributed by atoms with Crippen LogP contribution < -0.4 is 4.90 Å². The monoisotopic (exact) mass is 330 g/mol. The summed E-state index contributed by atoms with van der Waals surface area (Å²) >= 11 is 0. The van der Waals surface area contributed by atoms with Crippen LogP contribution in [0.2, 0.25) is 0 Å². The summed E-state index contributed by atoms with van der Waals surface area (Å²) in [5.74, 6) is 0.430. The number of hydrogen-bond donors (Lipinski definition) is 0. The SMILES string of the molecule is O=C(C1CCOCC1)N1CC[C@]2(CC(=O)N(c3cncnc3)C2)C1. The van der Waals surface area contributed by atoms with Gasteiger partial charge in [0.05, 0.1) is 18.1 Å². The number of carbonyl (C=O) groups excluding carboxylic acids is 2. The van der Waals surface area contributed by atoms with Crippen LogP contribution in [0, 0.1) is 11.3 Å². The van der Waals surface area contributed by atoms with Gasteiger partial charge in [0.1, 0.15) is 6.33 Å². The molecule has 3 aliphatic heterocycles. The number of rotatable bonds is 2. The summed E-state index contributed by atoms with van der Waals surface area (Å²) in [5, 5.41) is 0. The molecule has 3 fully saturated rings. The van der Waals surface area contributed by atoms with Crippen molar-refractivity contribution >= 4 is 17.5 Å². The zero-order valence-electron chi connectivity index (χ0n) is 13.7. The minimum Gasteiger partial charge on any atom is -0.381 e. The summed E-state index contributed by atoms with van der Waals surface area (Å²) in [6.07, 6.45) is 7.82. The second-order valence-corrected chi connectivity index (χ2v) is 7.15. The van der Waals surface area contributed by atoms with Gasteiger partial charge in [0.2, 0.25) is 11.8 Å².